The zero-order chi connectivity index (χ0) is 9.97. The van der Waals surface area contributed by atoms with E-state index in [1.165, 1.54) is 0 Å². The molecule has 0 atom stereocenters. The van der Waals surface area contributed by atoms with Crippen LogP contribution in [0.4, 0.5) is 0 Å². The van der Waals surface area contributed by atoms with Gasteiger partial charge in [-0.1, -0.05) is 18.2 Å². The maximum absolute atomic E-state index is 5.64. The number of aryl methyl sites for hydroxylation is 1. The van der Waals surface area contributed by atoms with E-state index in [4.69, 9.17) is 5.73 Å². The van der Waals surface area contributed by atoms with Gasteiger partial charge in [0.25, 0.3) is 0 Å². The summed E-state index contributed by atoms with van der Waals surface area (Å²) in [5.41, 5.74) is 7.79. The van der Waals surface area contributed by atoms with E-state index >= 15 is 0 Å². The van der Waals surface area contributed by atoms with Gasteiger partial charge in [0.05, 0.1) is 11.9 Å². The minimum atomic E-state index is 0.510. The van der Waals surface area contributed by atoms with Crippen molar-refractivity contribution in [1.29, 1.82) is 0 Å². The molecule has 0 saturated carbocycles. The summed E-state index contributed by atoms with van der Waals surface area (Å²) in [5, 5.41) is 0. The third-order valence-electron chi connectivity index (χ3n) is 2.23. The van der Waals surface area contributed by atoms with E-state index in [0.29, 0.717) is 6.54 Å². The summed E-state index contributed by atoms with van der Waals surface area (Å²) in [6.07, 6.45) is 1.82. The van der Waals surface area contributed by atoms with Crippen molar-refractivity contribution in [3.05, 3.63) is 48.0 Å². The van der Waals surface area contributed by atoms with E-state index < -0.39 is 0 Å². The Hall–Kier alpha value is -1.61. The summed E-state index contributed by atoms with van der Waals surface area (Å²) < 4.78 is 2.07. The lowest BCUT2D eigenvalue weighted by Gasteiger charge is -2.08. The van der Waals surface area contributed by atoms with Gasteiger partial charge in [-0.2, -0.15) is 0 Å². The number of hydrogen-bond donors (Lipinski definition) is 1. The van der Waals surface area contributed by atoms with E-state index in [-0.39, 0.29) is 0 Å². The third-order valence-corrected chi connectivity index (χ3v) is 2.23. The number of nitrogens with zero attached hydrogens (tertiary/aromatic N) is 2. The van der Waals surface area contributed by atoms with Gasteiger partial charge in [0, 0.05) is 12.2 Å². The number of aromatic nitrogens is 2. The summed E-state index contributed by atoms with van der Waals surface area (Å²) in [7, 11) is 0. The second kappa shape index (κ2) is 3.64. The molecule has 2 aromatic rings. The van der Waals surface area contributed by atoms with Crippen LogP contribution in [0.15, 0.2) is 36.5 Å². The monoisotopic (exact) mass is 187 g/mol. The molecule has 72 valence electrons. The van der Waals surface area contributed by atoms with Crippen LogP contribution >= 0.6 is 0 Å². The van der Waals surface area contributed by atoms with E-state index in [2.05, 4.69) is 9.55 Å². The molecule has 0 unspecified atom stereocenters. The largest absolute Gasteiger partial charge is 0.325 e. The zero-order valence-electron chi connectivity index (χ0n) is 8.14. The second-order valence-electron chi connectivity index (χ2n) is 3.17. The smallest absolute Gasteiger partial charge is 0.110 e. The molecule has 0 radical (unpaired) electrons. The Balaban J connectivity index is 2.55. The molecular formula is C11H13N3. The van der Waals surface area contributed by atoms with E-state index in [1.54, 1.807) is 0 Å². The number of para-hydroxylation sites is 1. The van der Waals surface area contributed by atoms with E-state index in [0.717, 1.165) is 17.2 Å². The first-order valence-corrected chi connectivity index (χ1v) is 4.61. The Kier molecular flexibility index (Phi) is 2.33. The summed E-state index contributed by atoms with van der Waals surface area (Å²) in [5.74, 6) is 0.969. The Morgan fingerprint density at radius 2 is 2.00 bits per heavy atom. The van der Waals surface area contributed by atoms with Crippen LogP contribution in [0.1, 0.15) is 11.5 Å². The topological polar surface area (TPSA) is 43.8 Å². The molecule has 0 aliphatic carbocycles. The summed E-state index contributed by atoms with van der Waals surface area (Å²) in [4.78, 5) is 4.25. The zero-order valence-corrected chi connectivity index (χ0v) is 8.14. The number of hydrogen-bond acceptors (Lipinski definition) is 2. The van der Waals surface area contributed by atoms with Crippen LogP contribution in [0.2, 0.25) is 0 Å². The second-order valence-corrected chi connectivity index (χ2v) is 3.17. The Bertz CT molecular complexity index is 417. The van der Waals surface area contributed by atoms with Gasteiger partial charge in [0.15, 0.2) is 0 Å². The Morgan fingerprint density at radius 1 is 1.29 bits per heavy atom. The molecule has 2 N–H and O–H groups in total. The van der Waals surface area contributed by atoms with Crippen LogP contribution in [0.25, 0.3) is 5.69 Å². The van der Waals surface area contributed by atoms with Gasteiger partial charge in [-0.15, -0.1) is 0 Å². The van der Waals surface area contributed by atoms with Crippen molar-refractivity contribution >= 4 is 0 Å². The minimum absolute atomic E-state index is 0.510. The van der Waals surface area contributed by atoms with E-state index in [9.17, 15) is 0 Å². The SMILES string of the molecule is Cc1ncc(CN)n1-c1ccccc1. The van der Waals surface area contributed by atoms with Gasteiger partial charge in [-0.3, -0.25) is 4.57 Å². The molecular weight excluding hydrogens is 174 g/mol. The van der Waals surface area contributed by atoms with Crippen molar-refractivity contribution in [2.24, 2.45) is 5.73 Å². The van der Waals surface area contributed by atoms with Crippen LogP contribution < -0.4 is 5.73 Å². The summed E-state index contributed by atoms with van der Waals surface area (Å²) in [6.45, 7) is 2.49. The number of imidazole rings is 1. The van der Waals surface area contributed by atoms with Gasteiger partial charge in [-0.25, -0.2) is 4.98 Å². The van der Waals surface area contributed by atoms with Crippen molar-refractivity contribution in [2.45, 2.75) is 13.5 Å². The summed E-state index contributed by atoms with van der Waals surface area (Å²) >= 11 is 0. The summed E-state index contributed by atoms with van der Waals surface area (Å²) in [6, 6.07) is 10.1. The lowest BCUT2D eigenvalue weighted by atomic mass is 10.3. The maximum Gasteiger partial charge on any atom is 0.110 e. The van der Waals surface area contributed by atoms with Crippen LogP contribution in [-0.4, -0.2) is 9.55 Å². The molecule has 0 aliphatic rings. The molecule has 0 spiro atoms. The highest BCUT2D eigenvalue weighted by molar-refractivity contribution is 5.35. The van der Waals surface area contributed by atoms with Crippen LogP contribution in [0, 0.1) is 6.92 Å². The highest BCUT2D eigenvalue weighted by Gasteiger charge is 2.05. The molecule has 14 heavy (non-hydrogen) atoms. The molecule has 0 amide bonds. The standard InChI is InChI=1S/C11H13N3/c1-9-13-8-11(7-12)14(9)10-5-3-2-4-6-10/h2-6,8H,7,12H2,1H3. The normalized spacial score (nSPS) is 10.4. The minimum Gasteiger partial charge on any atom is -0.325 e. The molecule has 1 aromatic carbocycles. The predicted octanol–water partition coefficient (Wildman–Crippen LogP) is 1.64. The Morgan fingerprint density at radius 3 is 2.64 bits per heavy atom. The molecule has 0 fully saturated rings. The molecule has 1 heterocycles. The number of benzene rings is 1. The molecule has 3 heteroatoms. The predicted molar refractivity (Wildman–Crippen MR) is 56.2 cm³/mol. The van der Waals surface area contributed by atoms with Gasteiger partial charge < -0.3 is 5.73 Å². The molecule has 1 aromatic heterocycles. The van der Waals surface area contributed by atoms with Crippen molar-refractivity contribution < 1.29 is 0 Å². The highest BCUT2D eigenvalue weighted by atomic mass is 15.1. The van der Waals surface area contributed by atoms with Gasteiger partial charge >= 0.3 is 0 Å². The van der Waals surface area contributed by atoms with Crippen LogP contribution in [0.3, 0.4) is 0 Å². The average molecular weight is 187 g/mol. The van der Waals surface area contributed by atoms with Crippen LogP contribution in [-0.2, 0) is 6.54 Å². The fourth-order valence-electron chi connectivity index (χ4n) is 1.56. The fraction of sp³-hybridized carbons (Fsp3) is 0.182. The van der Waals surface area contributed by atoms with Crippen molar-refractivity contribution in [2.75, 3.05) is 0 Å². The first kappa shape index (κ1) is 8.97. The fourth-order valence-corrected chi connectivity index (χ4v) is 1.56. The highest BCUT2D eigenvalue weighted by Crippen LogP contribution is 2.13. The van der Waals surface area contributed by atoms with Crippen molar-refractivity contribution in [1.82, 2.24) is 9.55 Å². The van der Waals surface area contributed by atoms with Crippen molar-refractivity contribution in [3.8, 4) is 5.69 Å². The van der Waals surface area contributed by atoms with Gasteiger partial charge in [0.1, 0.15) is 5.82 Å². The molecule has 0 saturated heterocycles. The Labute approximate surface area is 83.2 Å². The van der Waals surface area contributed by atoms with Crippen LogP contribution in [0.5, 0.6) is 0 Å². The third kappa shape index (κ3) is 1.42. The molecule has 0 aliphatic heterocycles. The lowest BCUT2D eigenvalue weighted by molar-refractivity contribution is 0.878. The number of nitrogens with two attached hydrogens (primary N) is 1. The van der Waals surface area contributed by atoms with Crippen molar-refractivity contribution in [3.63, 3.8) is 0 Å². The number of rotatable bonds is 2. The lowest BCUT2D eigenvalue weighted by Crippen LogP contribution is -2.06. The first-order chi connectivity index (χ1) is 6.83. The molecule has 3 nitrogen and oxygen atoms in total. The maximum atomic E-state index is 5.64. The van der Waals surface area contributed by atoms with E-state index in [1.807, 2.05) is 43.5 Å². The average Bonchev–Trinajstić information content (AvgIpc) is 2.61. The first-order valence-electron chi connectivity index (χ1n) is 4.61. The quantitative estimate of drug-likeness (QED) is 0.776. The van der Waals surface area contributed by atoms with Gasteiger partial charge in [-0.05, 0) is 19.1 Å². The molecule has 2 rings (SSSR count). The molecule has 0 bridgehead atoms. The van der Waals surface area contributed by atoms with Gasteiger partial charge in [0.2, 0.25) is 0 Å².